The summed E-state index contributed by atoms with van der Waals surface area (Å²) in [6.45, 7) is 4.22. The van der Waals surface area contributed by atoms with Crippen LogP contribution >= 0.6 is 15.9 Å². The number of rotatable bonds is 9. The summed E-state index contributed by atoms with van der Waals surface area (Å²) in [6, 6.07) is 14.0. The predicted octanol–water partition coefficient (Wildman–Crippen LogP) is 3.39. The Kier molecular flexibility index (Phi) is 8.32. The Labute approximate surface area is 174 Å². The highest BCUT2D eigenvalue weighted by Gasteiger charge is 2.26. The van der Waals surface area contributed by atoms with E-state index in [9.17, 15) is 9.59 Å². The van der Waals surface area contributed by atoms with Gasteiger partial charge in [-0.3, -0.25) is 9.59 Å². The monoisotopic (exact) mass is 448 g/mol. The molecule has 0 saturated heterocycles. The summed E-state index contributed by atoms with van der Waals surface area (Å²) in [7, 11) is 1.59. The summed E-state index contributed by atoms with van der Waals surface area (Å²) >= 11 is 3.40. The molecular formula is C21H25BrN2O4. The third kappa shape index (κ3) is 6.27. The number of benzene rings is 2. The number of carbonyl (C=O) groups is 2. The second-order valence-electron chi connectivity index (χ2n) is 6.18. The van der Waals surface area contributed by atoms with Crippen LogP contribution in [0.5, 0.6) is 11.5 Å². The topological polar surface area (TPSA) is 67.9 Å². The average molecular weight is 449 g/mol. The van der Waals surface area contributed by atoms with Gasteiger partial charge in [0.1, 0.15) is 17.5 Å². The van der Waals surface area contributed by atoms with E-state index in [0.29, 0.717) is 24.6 Å². The van der Waals surface area contributed by atoms with Crippen molar-refractivity contribution in [2.24, 2.45) is 0 Å². The molecule has 7 heteroatoms. The Hall–Kier alpha value is -2.54. The summed E-state index contributed by atoms with van der Waals surface area (Å²) in [6.07, 6.45) is 0. The number of nitrogens with zero attached hydrogens (tertiary/aromatic N) is 1. The minimum absolute atomic E-state index is 0.160. The van der Waals surface area contributed by atoms with E-state index >= 15 is 0 Å². The van der Waals surface area contributed by atoms with Crippen LogP contribution in [0.25, 0.3) is 0 Å². The SMILES string of the molecule is CCNC(=O)C(C)N(Cc1ccc(Br)cc1)C(=O)COc1ccc(OC)cc1. The number of hydrogen-bond donors (Lipinski definition) is 1. The molecule has 0 spiro atoms. The largest absolute Gasteiger partial charge is 0.497 e. The molecule has 0 heterocycles. The molecule has 1 unspecified atom stereocenters. The zero-order chi connectivity index (χ0) is 20.5. The minimum Gasteiger partial charge on any atom is -0.497 e. The lowest BCUT2D eigenvalue weighted by molar-refractivity contribution is -0.142. The fraction of sp³-hybridized carbons (Fsp3) is 0.333. The van der Waals surface area contributed by atoms with E-state index in [0.717, 1.165) is 10.0 Å². The van der Waals surface area contributed by atoms with Gasteiger partial charge < -0.3 is 19.7 Å². The molecule has 0 aliphatic rings. The number of methoxy groups -OCH3 is 1. The van der Waals surface area contributed by atoms with Crippen LogP contribution in [-0.2, 0) is 16.1 Å². The second-order valence-corrected chi connectivity index (χ2v) is 7.10. The Balaban J connectivity index is 2.10. The van der Waals surface area contributed by atoms with E-state index in [4.69, 9.17) is 9.47 Å². The Morgan fingerprint density at radius 1 is 1.07 bits per heavy atom. The molecule has 2 rings (SSSR count). The van der Waals surface area contributed by atoms with E-state index in [2.05, 4.69) is 21.2 Å². The molecule has 0 aliphatic heterocycles. The first-order valence-electron chi connectivity index (χ1n) is 9.03. The summed E-state index contributed by atoms with van der Waals surface area (Å²) in [5.74, 6) is 0.804. The van der Waals surface area contributed by atoms with Gasteiger partial charge in [-0.1, -0.05) is 28.1 Å². The van der Waals surface area contributed by atoms with Crippen LogP contribution in [0.4, 0.5) is 0 Å². The smallest absolute Gasteiger partial charge is 0.261 e. The number of amides is 2. The van der Waals surface area contributed by atoms with Crippen LogP contribution in [-0.4, -0.2) is 43.0 Å². The van der Waals surface area contributed by atoms with E-state index in [-0.39, 0.29) is 18.4 Å². The maximum Gasteiger partial charge on any atom is 0.261 e. The molecule has 0 aromatic heterocycles. The molecule has 0 saturated carbocycles. The molecule has 2 aromatic carbocycles. The van der Waals surface area contributed by atoms with Crippen molar-refractivity contribution in [2.45, 2.75) is 26.4 Å². The fourth-order valence-electron chi connectivity index (χ4n) is 2.59. The van der Waals surface area contributed by atoms with Crippen LogP contribution in [0.3, 0.4) is 0 Å². The van der Waals surface area contributed by atoms with Gasteiger partial charge in [0.05, 0.1) is 7.11 Å². The van der Waals surface area contributed by atoms with E-state index in [1.807, 2.05) is 31.2 Å². The summed E-state index contributed by atoms with van der Waals surface area (Å²) in [5, 5.41) is 2.77. The first-order chi connectivity index (χ1) is 13.4. The second kappa shape index (κ2) is 10.7. The van der Waals surface area contributed by atoms with Gasteiger partial charge in [-0.05, 0) is 55.8 Å². The van der Waals surface area contributed by atoms with Gasteiger partial charge in [0.25, 0.3) is 5.91 Å². The average Bonchev–Trinajstić information content (AvgIpc) is 2.71. The quantitative estimate of drug-likeness (QED) is 0.638. The maximum absolute atomic E-state index is 12.8. The normalized spacial score (nSPS) is 11.4. The van der Waals surface area contributed by atoms with Crippen molar-refractivity contribution in [3.05, 3.63) is 58.6 Å². The number of likely N-dealkylation sites (N-methyl/N-ethyl adjacent to an activating group) is 1. The Morgan fingerprint density at radius 3 is 2.25 bits per heavy atom. The zero-order valence-corrected chi connectivity index (χ0v) is 17.9. The molecule has 0 radical (unpaired) electrons. The van der Waals surface area contributed by atoms with Crippen molar-refractivity contribution in [1.29, 1.82) is 0 Å². The van der Waals surface area contributed by atoms with Gasteiger partial charge in [-0.15, -0.1) is 0 Å². The zero-order valence-electron chi connectivity index (χ0n) is 16.3. The molecule has 1 atom stereocenters. The molecule has 150 valence electrons. The van der Waals surface area contributed by atoms with Gasteiger partial charge >= 0.3 is 0 Å². The summed E-state index contributed by atoms with van der Waals surface area (Å²) in [4.78, 5) is 26.7. The Bertz CT molecular complexity index is 778. The third-order valence-electron chi connectivity index (χ3n) is 4.21. The van der Waals surface area contributed by atoms with Crippen LogP contribution in [0.15, 0.2) is 53.0 Å². The number of carbonyl (C=O) groups excluding carboxylic acids is 2. The summed E-state index contributed by atoms with van der Waals surface area (Å²) < 4.78 is 11.7. The highest BCUT2D eigenvalue weighted by atomic mass is 79.9. The maximum atomic E-state index is 12.8. The lowest BCUT2D eigenvalue weighted by Gasteiger charge is -2.28. The van der Waals surface area contributed by atoms with Crippen molar-refractivity contribution < 1.29 is 19.1 Å². The minimum atomic E-state index is -0.615. The fourth-order valence-corrected chi connectivity index (χ4v) is 2.86. The van der Waals surface area contributed by atoms with Gasteiger partial charge in [0.2, 0.25) is 5.91 Å². The van der Waals surface area contributed by atoms with Crippen molar-refractivity contribution in [3.63, 3.8) is 0 Å². The third-order valence-corrected chi connectivity index (χ3v) is 4.73. The molecule has 0 fully saturated rings. The van der Waals surface area contributed by atoms with E-state index in [1.165, 1.54) is 4.90 Å². The van der Waals surface area contributed by atoms with E-state index in [1.54, 1.807) is 38.3 Å². The number of ether oxygens (including phenoxy) is 2. The van der Waals surface area contributed by atoms with Crippen LogP contribution in [0.2, 0.25) is 0 Å². The molecule has 0 bridgehead atoms. The summed E-state index contributed by atoms with van der Waals surface area (Å²) in [5.41, 5.74) is 0.928. The van der Waals surface area contributed by atoms with Gasteiger partial charge in [0, 0.05) is 17.6 Å². The molecule has 28 heavy (non-hydrogen) atoms. The van der Waals surface area contributed by atoms with Crippen molar-refractivity contribution in [3.8, 4) is 11.5 Å². The lowest BCUT2D eigenvalue weighted by atomic mass is 10.1. The predicted molar refractivity (Wildman–Crippen MR) is 111 cm³/mol. The van der Waals surface area contributed by atoms with Crippen LogP contribution < -0.4 is 14.8 Å². The molecule has 2 aromatic rings. The number of halogens is 1. The first-order valence-corrected chi connectivity index (χ1v) is 9.82. The van der Waals surface area contributed by atoms with Crippen molar-refractivity contribution >= 4 is 27.7 Å². The number of nitrogens with one attached hydrogen (secondary N) is 1. The van der Waals surface area contributed by atoms with Crippen molar-refractivity contribution in [1.82, 2.24) is 10.2 Å². The van der Waals surface area contributed by atoms with Gasteiger partial charge in [-0.25, -0.2) is 0 Å². The van der Waals surface area contributed by atoms with Gasteiger partial charge in [-0.2, -0.15) is 0 Å². The number of hydrogen-bond acceptors (Lipinski definition) is 4. The lowest BCUT2D eigenvalue weighted by Crippen LogP contribution is -2.49. The van der Waals surface area contributed by atoms with Crippen LogP contribution in [0, 0.1) is 0 Å². The Morgan fingerprint density at radius 2 is 1.68 bits per heavy atom. The standard InChI is InChI=1S/C21H25BrN2O4/c1-4-23-21(26)15(2)24(13-16-5-7-17(22)8-6-16)20(25)14-28-19-11-9-18(27-3)10-12-19/h5-12,15H,4,13-14H2,1-3H3,(H,23,26). The molecular weight excluding hydrogens is 424 g/mol. The molecule has 0 aliphatic carbocycles. The van der Waals surface area contributed by atoms with E-state index < -0.39 is 6.04 Å². The highest BCUT2D eigenvalue weighted by molar-refractivity contribution is 9.10. The molecule has 1 N–H and O–H groups in total. The van der Waals surface area contributed by atoms with Crippen LogP contribution in [0.1, 0.15) is 19.4 Å². The van der Waals surface area contributed by atoms with Crippen molar-refractivity contribution in [2.75, 3.05) is 20.3 Å². The first kappa shape index (κ1) is 21.8. The highest BCUT2D eigenvalue weighted by Crippen LogP contribution is 2.18. The molecule has 2 amide bonds. The molecule has 6 nitrogen and oxygen atoms in total. The van der Waals surface area contributed by atoms with Gasteiger partial charge in [0.15, 0.2) is 6.61 Å².